The predicted molar refractivity (Wildman–Crippen MR) is 67.9 cm³/mol. The molecular formula is C14H17NO3. The lowest BCUT2D eigenvalue weighted by molar-refractivity contribution is 0.0696. The van der Waals surface area contributed by atoms with Gasteiger partial charge in [-0.05, 0) is 50.5 Å². The van der Waals surface area contributed by atoms with Crippen molar-refractivity contribution in [2.24, 2.45) is 0 Å². The second-order valence-electron chi connectivity index (χ2n) is 4.88. The van der Waals surface area contributed by atoms with Crippen molar-refractivity contribution in [3.05, 3.63) is 34.9 Å². The summed E-state index contributed by atoms with van der Waals surface area (Å²) in [5.74, 6) is -1.06. The maximum Gasteiger partial charge on any atom is 0.335 e. The molecule has 1 aliphatic heterocycles. The van der Waals surface area contributed by atoms with Crippen molar-refractivity contribution in [2.45, 2.75) is 32.7 Å². The maximum atomic E-state index is 12.3. The van der Waals surface area contributed by atoms with Gasteiger partial charge in [-0.15, -0.1) is 0 Å². The molecule has 1 aromatic rings. The van der Waals surface area contributed by atoms with Crippen molar-refractivity contribution >= 4 is 11.9 Å². The van der Waals surface area contributed by atoms with E-state index in [1.807, 2.05) is 11.8 Å². The number of carbonyl (C=O) groups excluding carboxylic acids is 1. The average molecular weight is 247 g/mol. The Morgan fingerprint density at radius 1 is 1.28 bits per heavy atom. The van der Waals surface area contributed by atoms with E-state index in [1.165, 1.54) is 6.07 Å². The summed E-state index contributed by atoms with van der Waals surface area (Å²) < 4.78 is 0. The fourth-order valence-corrected chi connectivity index (χ4v) is 2.43. The number of benzene rings is 1. The van der Waals surface area contributed by atoms with Gasteiger partial charge in [-0.3, -0.25) is 4.79 Å². The molecule has 18 heavy (non-hydrogen) atoms. The third-order valence-electron chi connectivity index (χ3n) is 3.39. The summed E-state index contributed by atoms with van der Waals surface area (Å²) in [6.07, 6.45) is 2.04. The summed E-state index contributed by atoms with van der Waals surface area (Å²) >= 11 is 0. The van der Waals surface area contributed by atoms with Gasteiger partial charge in [-0.25, -0.2) is 4.79 Å². The second-order valence-corrected chi connectivity index (χ2v) is 4.88. The van der Waals surface area contributed by atoms with Gasteiger partial charge < -0.3 is 10.0 Å². The molecule has 1 aliphatic rings. The van der Waals surface area contributed by atoms with Crippen molar-refractivity contribution in [1.29, 1.82) is 0 Å². The van der Waals surface area contributed by atoms with E-state index in [2.05, 4.69) is 0 Å². The molecule has 4 heteroatoms. The third kappa shape index (κ3) is 2.37. The van der Waals surface area contributed by atoms with Gasteiger partial charge in [-0.2, -0.15) is 0 Å². The van der Waals surface area contributed by atoms with E-state index in [-0.39, 0.29) is 17.5 Å². The van der Waals surface area contributed by atoms with E-state index >= 15 is 0 Å². The zero-order valence-corrected chi connectivity index (χ0v) is 10.6. The van der Waals surface area contributed by atoms with Crippen LogP contribution in [-0.2, 0) is 0 Å². The molecule has 1 saturated heterocycles. The van der Waals surface area contributed by atoms with Crippen molar-refractivity contribution < 1.29 is 14.7 Å². The molecule has 0 aliphatic carbocycles. The van der Waals surface area contributed by atoms with Crippen LogP contribution in [0.4, 0.5) is 0 Å². The number of amides is 1. The van der Waals surface area contributed by atoms with Gasteiger partial charge in [0.1, 0.15) is 0 Å². The molecule has 0 radical (unpaired) electrons. The van der Waals surface area contributed by atoms with Crippen LogP contribution in [0.1, 0.15) is 46.0 Å². The normalized spacial score (nSPS) is 19.0. The largest absolute Gasteiger partial charge is 0.478 e. The van der Waals surface area contributed by atoms with Crippen LogP contribution in [0.25, 0.3) is 0 Å². The molecule has 96 valence electrons. The fraction of sp³-hybridized carbons (Fsp3) is 0.429. The van der Waals surface area contributed by atoms with Crippen molar-refractivity contribution in [3.63, 3.8) is 0 Å². The monoisotopic (exact) mass is 247 g/mol. The number of likely N-dealkylation sites (tertiary alicyclic amines) is 1. The minimum Gasteiger partial charge on any atom is -0.478 e. The van der Waals surface area contributed by atoms with Crippen molar-refractivity contribution in [2.75, 3.05) is 6.54 Å². The topological polar surface area (TPSA) is 57.6 Å². The summed E-state index contributed by atoms with van der Waals surface area (Å²) in [6, 6.07) is 5.03. The van der Waals surface area contributed by atoms with Crippen LogP contribution in [0.15, 0.2) is 18.2 Å². The van der Waals surface area contributed by atoms with Gasteiger partial charge in [0.15, 0.2) is 0 Å². The Morgan fingerprint density at radius 2 is 1.94 bits per heavy atom. The zero-order valence-electron chi connectivity index (χ0n) is 10.6. The predicted octanol–water partition coefficient (Wildman–Crippen LogP) is 2.32. The molecule has 1 fully saturated rings. The number of hydrogen-bond donors (Lipinski definition) is 1. The Hall–Kier alpha value is -1.84. The zero-order chi connectivity index (χ0) is 13.3. The van der Waals surface area contributed by atoms with Gasteiger partial charge in [0.05, 0.1) is 5.56 Å². The van der Waals surface area contributed by atoms with E-state index in [0.29, 0.717) is 5.56 Å². The molecular weight excluding hydrogens is 230 g/mol. The summed E-state index contributed by atoms with van der Waals surface area (Å²) in [7, 11) is 0. The molecule has 0 aromatic heterocycles. The first kappa shape index (κ1) is 12.6. The highest BCUT2D eigenvalue weighted by Crippen LogP contribution is 2.20. The number of rotatable bonds is 2. The first-order chi connectivity index (χ1) is 8.49. The van der Waals surface area contributed by atoms with Gasteiger partial charge in [0.2, 0.25) is 0 Å². The molecule has 1 N–H and O–H groups in total. The van der Waals surface area contributed by atoms with E-state index in [4.69, 9.17) is 5.11 Å². The number of carbonyl (C=O) groups is 2. The Balaban J connectivity index is 2.32. The number of nitrogens with zero attached hydrogens (tertiary/aromatic N) is 1. The minimum atomic E-state index is -0.998. The Morgan fingerprint density at radius 3 is 2.50 bits per heavy atom. The molecule has 1 amide bonds. The standard InChI is InChI=1S/C14H17NO3/c1-9-6-11(8-12(7-9)14(17)18)13(16)15-5-3-4-10(15)2/h6-8,10H,3-5H2,1-2H3,(H,17,18). The Kier molecular flexibility index (Phi) is 3.36. The van der Waals surface area contributed by atoms with Crippen LogP contribution in [-0.4, -0.2) is 34.5 Å². The van der Waals surface area contributed by atoms with E-state index < -0.39 is 5.97 Å². The third-order valence-corrected chi connectivity index (χ3v) is 3.39. The smallest absolute Gasteiger partial charge is 0.335 e. The van der Waals surface area contributed by atoms with Crippen LogP contribution in [0.2, 0.25) is 0 Å². The minimum absolute atomic E-state index is 0.0637. The molecule has 1 atom stereocenters. The molecule has 0 spiro atoms. The maximum absolute atomic E-state index is 12.3. The van der Waals surface area contributed by atoms with Gasteiger partial charge in [-0.1, -0.05) is 0 Å². The molecule has 1 heterocycles. The van der Waals surface area contributed by atoms with Crippen LogP contribution in [0.3, 0.4) is 0 Å². The van der Waals surface area contributed by atoms with Crippen LogP contribution in [0.5, 0.6) is 0 Å². The average Bonchev–Trinajstić information content (AvgIpc) is 2.73. The summed E-state index contributed by atoms with van der Waals surface area (Å²) in [4.78, 5) is 25.1. The second kappa shape index (κ2) is 4.80. The molecule has 2 rings (SSSR count). The van der Waals surface area contributed by atoms with Crippen LogP contribution in [0, 0.1) is 6.92 Å². The number of hydrogen-bond acceptors (Lipinski definition) is 2. The molecule has 0 bridgehead atoms. The quantitative estimate of drug-likeness (QED) is 0.872. The molecule has 1 aromatic carbocycles. The summed E-state index contributed by atoms with van der Waals surface area (Å²) in [5, 5.41) is 9.01. The number of aromatic carboxylic acids is 1. The highest BCUT2D eigenvalue weighted by molar-refractivity contribution is 5.98. The van der Waals surface area contributed by atoms with Crippen LogP contribution < -0.4 is 0 Å². The number of carboxylic acids is 1. The van der Waals surface area contributed by atoms with Gasteiger partial charge in [0, 0.05) is 18.2 Å². The van der Waals surface area contributed by atoms with Gasteiger partial charge in [0.25, 0.3) is 5.91 Å². The number of carboxylic acid groups (broad SMARTS) is 1. The SMILES string of the molecule is Cc1cc(C(=O)O)cc(C(=O)N2CCCC2C)c1. The van der Waals surface area contributed by atoms with Gasteiger partial charge >= 0.3 is 5.97 Å². The highest BCUT2D eigenvalue weighted by Gasteiger charge is 2.26. The molecule has 4 nitrogen and oxygen atoms in total. The first-order valence-electron chi connectivity index (χ1n) is 6.15. The van der Waals surface area contributed by atoms with E-state index in [9.17, 15) is 9.59 Å². The lowest BCUT2D eigenvalue weighted by atomic mass is 10.1. The lowest BCUT2D eigenvalue weighted by Crippen LogP contribution is -2.33. The van der Waals surface area contributed by atoms with E-state index in [0.717, 1.165) is 24.9 Å². The fourth-order valence-electron chi connectivity index (χ4n) is 2.43. The van der Waals surface area contributed by atoms with Crippen LogP contribution >= 0.6 is 0 Å². The lowest BCUT2D eigenvalue weighted by Gasteiger charge is -2.21. The van der Waals surface area contributed by atoms with Crippen molar-refractivity contribution in [1.82, 2.24) is 4.90 Å². The summed E-state index contributed by atoms with van der Waals surface area (Å²) in [5.41, 5.74) is 1.44. The first-order valence-corrected chi connectivity index (χ1v) is 6.15. The highest BCUT2D eigenvalue weighted by atomic mass is 16.4. The van der Waals surface area contributed by atoms with Crippen molar-refractivity contribution in [3.8, 4) is 0 Å². The summed E-state index contributed by atoms with van der Waals surface area (Å²) in [6.45, 7) is 4.59. The Bertz CT molecular complexity index is 496. The Labute approximate surface area is 106 Å². The number of aryl methyl sites for hydroxylation is 1. The van der Waals surface area contributed by atoms with E-state index in [1.54, 1.807) is 19.1 Å². The molecule has 0 saturated carbocycles. The molecule has 1 unspecified atom stereocenters.